The van der Waals surface area contributed by atoms with Crippen LogP contribution in [0.5, 0.6) is 0 Å². The number of hydrogen-bond donors (Lipinski definition) is 1. The van der Waals surface area contributed by atoms with E-state index in [1.54, 1.807) is 13.1 Å². The number of aliphatic hydroxyl groups is 1. The largest absolute Gasteiger partial charge is 0.389 e. The van der Waals surface area contributed by atoms with Gasteiger partial charge in [-0.05, 0) is 19.4 Å². The summed E-state index contributed by atoms with van der Waals surface area (Å²) in [6.45, 7) is 6.24. The van der Waals surface area contributed by atoms with Crippen LogP contribution in [0.1, 0.15) is 31.9 Å². The first-order chi connectivity index (χ1) is 8.24. The summed E-state index contributed by atoms with van der Waals surface area (Å²) in [7, 11) is 0. The number of anilines is 1. The van der Waals surface area contributed by atoms with Crippen molar-refractivity contribution in [2.75, 3.05) is 24.7 Å². The second-order valence-corrected chi connectivity index (χ2v) is 4.42. The third kappa shape index (κ3) is 2.58. The van der Waals surface area contributed by atoms with Crippen LogP contribution in [0.4, 0.5) is 5.82 Å². The maximum atomic E-state index is 9.80. The zero-order chi connectivity index (χ0) is 12.3. The average molecular weight is 236 g/mol. The van der Waals surface area contributed by atoms with Gasteiger partial charge in [0.2, 0.25) is 0 Å². The van der Waals surface area contributed by atoms with Crippen molar-refractivity contribution in [2.24, 2.45) is 0 Å². The molecule has 0 saturated carbocycles. The van der Waals surface area contributed by atoms with Crippen LogP contribution in [0.3, 0.4) is 0 Å². The molecule has 1 aliphatic rings. The lowest BCUT2D eigenvalue weighted by Crippen LogP contribution is -2.46. The highest BCUT2D eigenvalue weighted by atomic mass is 16.5. The Bertz CT molecular complexity index is 368. The molecule has 1 aliphatic heterocycles. The molecule has 4 nitrogen and oxygen atoms in total. The number of aromatic nitrogens is 1. The summed E-state index contributed by atoms with van der Waals surface area (Å²) in [4.78, 5) is 6.69. The number of rotatable bonds is 3. The minimum Gasteiger partial charge on any atom is -0.389 e. The Hall–Kier alpha value is -1.13. The quantitative estimate of drug-likeness (QED) is 0.868. The maximum Gasteiger partial charge on any atom is 0.134 e. The first-order valence-electron chi connectivity index (χ1n) is 6.21. The topological polar surface area (TPSA) is 45.6 Å². The predicted octanol–water partition coefficient (Wildman–Crippen LogP) is 1.75. The van der Waals surface area contributed by atoms with Crippen molar-refractivity contribution in [2.45, 2.75) is 32.4 Å². The zero-order valence-electron chi connectivity index (χ0n) is 10.5. The molecule has 0 bridgehead atoms. The molecule has 0 radical (unpaired) electrons. The molecular weight excluding hydrogens is 216 g/mol. The molecule has 2 heterocycles. The van der Waals surface area contributed by atoms with Gasteiger partial charge in [0.1, 0.15) is 5.82 Å². The normalized spacial score (nSPS) is 22.5. The number of pyridine rings is 1. The van der Waals surface area contributed by atoms with E-state index in [-0.39, 0.29) is 0 Å². The fraction of sp³-hybridized carbons (Fsp3) is 0.615. The zero-order valence-corrected chi connectivity index (χ0v) is 10.5. The van der Waals surface area contributed by atoms with E-state index in [1.807, 2.05) is 12.1 Å². The molecule has 1 fully saturated rings. The molecular formula is C13H20N2O2. The van der Waals surface area contributed by atoms with Gasteiger partial charge in [-0.1, -0.05) is 13.0 Å². The second-order valence-electron chi connectivity index (χ2n) is 4.42. The van der Waals surface area contributed by atoms with E-state index in [4.69, 9.17) is 4.74 Å². The van der Waals surface area contributed by atoms with E-state index in [1.165, 1.54) is 0 Å². The van der Waals surface area contributed by atoms with E-state index in [0.717, 1.165) is 37.6 Å². The van der Waals surface area contributed by atoms with Gasteiger partial charge in [0.15, 0.2) is 0 Å². The minimum atomic E-state index is -0.487. The summed E-state index contributed by atoms with van der Waals surface area (Å²) in [6, 6.07) is 4.17. The van der Waals surface area contributed by atoms with E-state index < -0.39 is 6.10 Å². The van der Waals surface area contributed by atoms with Crippen LogP contribution in [0.2, 0.25) is 0 Å². The van der Waals surface area contributed by atoms with Gasteiger partial charge in [-0.2, -0.15) is 0 Å². The van der Waals surface area contributed by atoms with Crippen molar-refractivity contribution in [1.29, 1.82) is 0 Å². The van der Waals surface area contributed by atoms with E-state index >= 15 is 0 Å². The first-order valence-corrected chi connectivity index (χ1v) is 6.21. The molecule has 17 heavy (non-hydrogen) atoms. The molecule has 1 aromatic rings. The van der Waals surface area contributed by atoms with Gasteiger partial charge in [-0.15, -0.1) is 0 Å². The Kier molecular flexibility index (Phi) is 3.97. The van der Waals surface area contributed by atoms with Gasteiger partial charge in [0.05, 0.1) is 25.4 Å². The number of morpholine rings is 1. The number of hydrogen-bond acceptors (Lipinski definition) is 4. The van der Waals surface area contributed by atoms with Crippen molar-refractivity contribution in [3.63, 3.8) is 0 Å². The van der Waals surface area contributed by atoms with Gasteiger partial charge in [0.25, 0.3) is 0 Å². The van der Waals surface area contributed by atoms with Gasteiger partial charge >= 0.3 is 0 Å². The summed E-state index contributed by atoms with van der Waals surface area (Å²) in [6.07, 6.45) is 2.32. The van der Waals surface area contributed by atoms with Crippen LogP contribution in [0.15, 0.2) is 18.3 Å². The molecule has 0 amide bonds. The Labute approximate surface area is 102 Å². The van der Waals surface area contributed by atoms with Crippen molar-refractivity contribution in [3.8, 4) is 0 Å². The van der Waals surface area contributed by atoms with Crippen molar-refractivity contribution >= 4 is 5.82 Å². The van der Waals surface area contributed by atoms with Gasteiger partial charge in [-0.3, -0.25) is 0 Å². The summed E-state index contributed by atoms with van der Waals surface area (Å²) in [5.74, 6) is 0.901. The van der Waals surface area contributed by atoms with Crippen LogP contribution in [-0.4, -0.2) is 35.9 Å². The average Bonchev–Trinajstić information content (AvgIpc) is 2.38. The molecule has 1 unspecified atom stereocenters. The Morgan fingerprint density at radius 1 is 1.65 bits per heavy atom. The number of aliphatic hydroxyl groups excluding tert-OH is 1. The highest BCUT2D eigenvalue weighted by Crippen LogP contribution is 2.27. The summed E-state index contributed by atoms with van der Waals surface area (Å²) < 4.78 is 5.49. The van der Waals surface area contributed by atoms with E-state index in [2.05, 4.69) is 16.8 Å². The van der Waals surface area contributed by atoms with Crippen LogP contribution in [0.25, 0.3) is 0 Å². The monoisotopic (exact) mass is 236 g/mol. The number of nitrogens with zero attached hydrogens (tertiary/aromatic N) is 2. The molecule has 1 aromatic heterocycles. The molecule has 94 valence electrons. The van der Waals surface area contributed by atoms with Gasteiger partial charge in [0, 0.05) is 18.3 Å². The van der Waals surface area contributed by atoms with Crippen molar-refractivity contribution in [1.82, 2.24) is 4.98 Å². The Morgan fingerprint density at radius 3 is 3.18 bits per heavy atom. The first kappa shape index (κ1) is 12.3. The molecule has 0 aliphatic carbocycles. The highest BCUT2D eigenvalue weighted by molar-refractivity contribution is 5.49. The molecule has 0 spiro atoms. The van der Waals surface area contributed by atoms with Crippen molar-refractivity contribution in [3.05, 3.63) is 23.9 Å². The standard InChI is InChI=1S/C13H20N2O2/c1-3-11-9-17-8-7-15(11)13-12(10(2)16)5-4-6-14-13/h4-6,10-11,16H,3,7-9H2,1-2H3/t10-,11?/m1/s1. The third-order valence-electron chi connectivity index (χ3n) is 3.24. The Morgan fingerprint density at radius 2 is 2.47 bits per heavy atom. The summed E-state index contributed by atoms with van der Waals surface area (Å²) >= 11 is 0. The van der Waals surface area contributed by atoms with Gasteiger partial charge in [-0.25, -0.2) is 4.98 Å². The fourth-order valence-electron chi connectivity index (χ4n) is 2.25. The molecule has 2 rings (SSSR count). The predicted molar refractivity (Wildman–Crippen MR) is 67.1 cm³/mol. The smallest absolute Gasteiger partial charge is 0.134 e. The lowest BCUT2D eigenvalue weighted by molar-refractivity contribution is 0.0920. The second kappa shape index (κ2) is 5.47. The summed E-state index contributed by atoms with van der Waals surface area (Å²) in [5.41, 5.74) is 0.896. The Balaban J connectivity index is 2.31. The van der Waals surface area contributed by atoms with Crippen LogP contribution >= 0.6 is 0 Å². The van der Waals surface area contributed by atoms with E-state index in [0.29, 0.717) is 6.04 Å². The van der Waals surface area contributed by atoms with Crippen LogP contribution < -0.4 is 4.90 Å². The van der Waals surface area contributed by atoms with E-state index in [9.17, 15) is 5.11 Å². The molecule has 2 atom stereocenters. The van der Waals surface area contributed by atoms with Crippen LogP contribution in [0, 0.1) is 0 Å². The molecule has 1 N–H and O–H groups in total. The highest BCUT2D eigenvalue weighted by Gasteiger charge is 2.25. The van der Waals surface area contributed by atoms with Crippen LogP contribution in [-0.2, 0) is 4.74 Å². The SMILES string of the molecule is CCC1COCCN1c1ncccc1[C@@H](C)O. The third-order valence-corrected chi connectivity index (χ3v) is 3.24. The lowest BCUT2D eigenvalue weighted by Gasteiger charge is -2.37. The van der Waals surface area contributed by atoms with Crippen molar-refractivity contribution < 1.29 is 9.84 Å². The number of ether oxygens (including phenoxy) is 1. The fourth-order valence-corrected chi connectivity index (χ4v) is 2.25. The molecule has 4 heteroatoms. The molecule has 0 aromatic carbocycles. The van der Waals surface area contributed by atoms with Gasteiger partial charge < -0.3 is 14.7 Å². The molecule has 1 saturated heterocycles. The summed E-state index contributed by atoms with van der Waals surface area (Å²) in [5, 5.41) is 9.80. The maximum absolute atomic E-state index is 9.80. The minimum absolute atomic E-state index is 0.358. The lowest BCUT2D eigenvalue weighted by atomic mass is 10.1.